The van der Waals surface area contributed by atoms with Gasteiger partial charge in [-0.25, -0.2) is 9.59 Å². The van der Waals surface area contributed by atoms with E-state index >= 15 is 0 Å². The number of imide groups is 1. The number of ether oxygens (including phenoxy) is 1. The van der Waals surface area contributed by atoms with Gasteiger partial charge in [0, 0.05) is 44.7 Å². The van der Waals surface area contributed by atoms with Gasteiger partial charge in [-0.05, 0) is 59.6 Å². The van der Waals surface area contributed by atoms with E-state index < -0.39 is 29.9 Å². The summed E-state index contributed by atoms with van der Waals surface area (Å²) in [4.78, 5) is 91.8. The van der Waals surface area contributed by atoms with Gasteiger partial charge in [-0.1, -0.05) is 73.9 Å². The van der Waals surface area contributed by atoms with Gasteiger partial charge >= 0.3 is 12.1 Å². The quantitative estimate of drug-likeness (QED) is 0.123. The van der Waals surface area contributed by atoms with Crippen LogP contribution in [0.15, 0.2) is 24.3 Å². The van der Waals surface area contributed by atoms with Crippen molar-refractivity contribution in [3.63, 3.8) is 0 Å². The highest BCUT2D eigenvalue weighted by Crippen LogP contribution is 2.36. The molecule has 0 bridgehead atoms. The largest absolute Gasteiger partial charge is 0.445 e. The zero-order chi connectivity index (χ0) is 40.4. The molecule has 6 N–H and O–H groups in total. The number of benzene rings is 1. The molecule has 300 valence electrons. The van der Waals surface area contributed by atoms with Crippen LogP contribution in [0.3, 0.4) is 0 Å². The van der Waals surface area contributed by atoms with Crippen molar-refractivity contribution < 1.29 is 38.3 Å². The fourth-order valence-electron chi connectivity index (χ4n) is 6.56. The Balaban J connectivity index is 1.48. The van der Waals surface area contributed by atoms with Crippen molar-refractivity contribution >= 4 is 47.3 Å². The van der Waals surface area contributed by atoms with Crippen LogP contribution in [0.5, 0.6) is 0 Å². The molecule has 2 heterocycles. The topological polar surface area (TPSA) is 209 Å². The summed E-state index contributed by atoms with van der Waals surface area (Å²) in [5, 5.41) is 10.4. The van der Waals surface area contributed by atoms with Crippen molar-refractivity contribution in [1.29, 1.82) is 0 Å². The molecule has 2 fully saturated rings. The third-order valence-electron chi connectivity index (χ3n) is 10.2. The summed E-state index contributed by atoms with van der Waals surface area (Å²) in [6, 6.07) is 3.59. The van der Waals surface area contributed by atoms with Crippen molar-refractivity contribution in [1.82, 2.24) is 25.8 Å². The molecule has 0 radical (unpaired) electrons. The number of nitrogens with one attached hydrogen (secondary N) is 4. The number of hydrogen-bond donors (Lipinski definition) is 5. The van der Waals surface area contributed by atoms with E-state index in [4.69, 9.17) is 10.5 Å². The number of hydrogen-bond acceptors (Lipinski definition) is 8. The van der Waals surface area contributed by atoms with E-state index in [-0.39, 0.29) is 72.5 Å². The molecule has 8 amide bonds. The molecule has 15 heteroatoms. The summed E-state index contributed by atoms with van der Waals surface area (Å²) in [5.74, 6) is -2.17. The fraction of sp³-hybridized carbons (Fsp3) is 0.667. The second-order valence-electron chi connectivity index (χ2n) is 17.0. The number of rotatable bonds is 16. The van der Waals surface area contributed by atoms with E-state index in [1.54, 1.807) is 43.0 Å². The van der Waals surface area contributed by atoms with Crippen LogP contribution < -0.4 is 27.0 Å². The number of carbonyl (C=O) groups is 7. The number of urea groups is 1. The first kappa shape index (κ1) is 43.7. The van der Waals surface area contributed by atoms with Gasteiger partial charge < -0.3 is 36.6 Å². The Kier molecular flexibility index (Phi) is 15.4. The van der Waals surface area contributed by atoms with Gasteiger partial charge in [-0.3, -0.25) is 28.9 Å². The zero-order valence-electron chi connectivity index (χ0n) is 33.2. The fourth-order valence-corrected chi connectivity index (χ4v) is 6.56. The maximum Gasteiger partial charge on any atom is 0.410 e. The van der Waals surface area contributed by atoms with Gasteiger partial charge in [-0.15, -0.1) is 0 Å². The van der Waals surface area contributed by atoms with Crippen LogP contribution in [0.1, 0.15) is 99.5 Å². The third kappa shape index (κ3) is 13.0. The molecule has 3 rings (SSSR count). The molecule has 0 spiro atoms. The van der Waals surface area contributed by atoms with Crippen molar-refractivity contribution in [2.45, 2.75) is 113 Å². The van der Waals surface area contributed by atoms with Gasteiger partial charge in [-0.2, -0.15) is 0 Å². The second kappa shape index (κ2) is 19.1. The standard InChI is InChI=1S/C39H61N7O8/c1-24(2)32(44-30(47)12-10-9-11-18-46-31(48)20-28(35(46)51)39(6,7)8)34(50)43-29(21-41-36(40)52)33(49)42-27-15-13-25(14-16-27)23-54-37(53)45-19-17-26(22-45)38(3,4)5/h13-16,24,26,28-29,32H,9-12,17-23H2,1-8H3,(H,42,49)(H,43,50)(H,44,47)(H3,40,41,52)/t26-,28?,29+,32+/m1/s1. The Morgan fingerprint density at radius 1 is 0.907 bits per heavy atom. The minimum atomic E-state index is -1.23. The van der Waals surface area contributed by atoms with Gasteiger partial charge in [0.25, 0.3) is 0 Å². The number of amides is 8. The van der Waals surface area contributed by atoms with Gasteiger partial charge in [0.05, 0.1) is 5.92 Å². The highest BCUT2D eigenvalue weighted by Gasteiger charge is 2.44. The van der Waals surface area contributed by atoms with Crippen molar-refractivity contribution in [3.05, 3.63) is 29.8 Å². The molecule has 1 unspecified atom stereocenters. The summed E-state index contributed by atoms with van der Waals surface area (Å²) in [6.07, 6.45) is 2.57. The normalized spacial score (nSPS) is 18.7. The number of carbonyl (C=O) groups excluding carboxylic acids is 7. The lowest BCUT2D eigenvalue weighted by atomic mass is 9.80. The molecule has 4 atom stereocenters. The van der Waals surface area contributed by atoms with E-state index in [0.29, 0.717) is 50.5 Å². The lowest BCUT2D eigenvalue weighted by Gasteiger charge is -2.26. The first-order chi connectivity index (χ1) is 25.2. The Hall–Kier alpha value is -4.69. The average Bonchev–Trinajstić information content (AvgIpc) is 3.70. The molecule has 1 aromatic carbocycles. The van der Waals surface area contributed by atoms with Crippen LogP contribution >= 0.6 is 0 Å². The summed E-state index contributed by atoms with van der Waals surface area (Å²) < 4.78 is 5.52. The molecule has 15 nitrogen and oxygen atoms in total. The van der Waals surface area contributed by atoms with E-state index in [1.165, 1.54) is 4.90 Å². The number of likely N-dealkylation sites (tertiary alicyclic amines) is 2. The average molecular weight is 756 g/mol. The Morgan fingerprint density at radius 2 is 1.57 bits per heavy atom. The lowest BCUT2D eigenvalue weighted by Crippen LogP contribution is -2.57. The molecule has 1 aromatic rings. The Bertz CT molecular complexity index is 1520. The van der Waals surface area contributed by atoms with Crippen LogP contribution in [-0.2, 0) is 35.3 Å². The van der Waals surface area contributed by atoms with Crippen LogP contribution in [0.4, 0.5) is 15.3 Å². The summed E-state index contributed by atoms with van der Waals surface area (Å²) in [7, 11) is 0. The van der Waals surface area contributed by atoms with Gasteiger partial charge in [0.1, 0.15) is 18.7 Å². The number of nitrogens with two attached hydrogens (primary N) is 1. The van der Waals surface area contributed by atoms with Crippen LogP contribution in [-0.4, -0.2) is 89.7 Å². The SMILES string of the molecule is CC(C)[C@H](NC(=O)CCCCCN1C(=O)CC(C(C)(C)C)C1=O)C(=O)N[C@@H](CNC(N)=O)C(=O)Nc1ccc(COC(=O)N2CC[C@@H](C(C)(C)C)C2)cc1. The molecule has 0 aromatic heterocycles. The highest BCUT2D eigenvalue weighted by molar-refractivity contribution is 6.04. The molecule has 2 aliphatic heterocycles. The molecule has 0 saturated carbocycles. The molecule has 0 aliphatic carbocycles. The summed E-state index contributed by atoms with van der Waals surface area (Å²) in [5.41, 5.74) is 6.18. The van der Waals surface area contributed by atoms with Crippen LogP contribution in [0.2, 0.25) is 0 Å². The predicted molar refractivity (Wildman–Crippen MR) is 203 cm³/mol. The first-order valence-corrected chi connectivity index (χ1v) is 19.0. The molecular weight excluding hydrogens is 694 g/mol. The van der Waals surface area contributed by atoms with E-state index in [0.717, 1.165) is 12.0 Å². The second-order valence-corrected chi connectivity index (χ2v) is 17.0. The number of primary amides is 1. The monoisotopic (exact) mass is 755 g/mol. The van der Waals surface area contributed by atoms with Crippen molar-refractivity contribution in [2.75, 3.05) is 31.5 Å². The minimum absolute atomic E-state index is 0.0614. The minimum Gasteiger partial charge on any atom is -0.445 e. The maximum atomic E-state index is 13.4. The maximum absolute atomic E-state index is 13.4. The number of nitrogens with zero attached hydrogens (tertiary/aromatic N) is 2. The summed E-state index contributed by atoms with van der Waals surface area (Å²) >= 11 is 0. The summed E-state index contributed by atoms with van der Waals surface area (Å²) in [6.45, 7) is 17.2. The van der Waals surface area contributed by atoms with Crippen molar-refractivity contribution in [3.8, 4) is 0 Å². The molecule has 2 saturated heterocycles. The highest BCUT2D eigenvalue weighted by atomic mass is 16.6. The van der Waals surface area contributed by atoms with E-state index in [9.17, 15) is 33.6 Å². The van der Waals surface area contributed by atoms with E-state index in [1.807, 2.05) is 20.8 Å². The van der Waals surface area contributed by atoms with E-state index in [2.05, 4.69) is 42.0 Å². The van der Waals surface area contributed by atoms with Crippen LogP contribution in [0.25, 0.3) is 0 Å². The van der Waals surface area contributed by atoms with Gasteiger partial charge in [0.2, 0.25) is 29.5 Å². The van der Waals surface area contributed by atoms with Crippen molar-refractivity contribution in [2.24, 2.45) is 34.3 Å². The van der Waals surface area contributed by atoms with Crippen LogP contribution in [0, 0.1) is 28.6 Å². The number of anilines is 1. The Morgan fingerprint density at radius 3 is 2.13 bits per heavy atom. The predicted octanol–water partition coefficient (Wildman–Crippen LogP) is 3.91. The zero-order valence-corrected chi connectivity index (χ0v) is 33.2. The Labute approximate surface area is 319 Å². The van der Waals surface area contributed by atoms with Gasteiger partial charge in [0.15, 0.2) is 0 Å². The molecule has 2 aliphatic rings. The first-order valence-electron chi connectivity index (χ1n) is 19.0. The smallest absolute Gasteiger partial charge is 0.410 e. The molecule has 54 heavy (non-hydrogen) atoms. The molecular formula is C39H61N7O8. The third-order valence-corrected chi connectivity index (χ3v) is 10.2. The number of unbranched alkanes of at least 4 members (excludes halogenated alkanes) is 2. The lowest BCUT2D eigenvalue weighted by molar-refractivity contribution is -0.140.